The highest BCUT2D eigenvalue weighted by molar-refractivity contribution is 5.95. The molecule has 7 nitrogen and oxygen atoms in total. The lowest BCUT2D eigenvalue weighted by Gasteiger charge is -2.15. The molecule has 0 atom stereocenters. The van der Waals surface area contributed by atoms with Gasteiger partial charge in [-0.2, -0.15) is 0 Å². The molecule has 1 N–H and O–H groups in total. The summed E-state index contributed by atoms with van der Waals surface area (Å²) in [6.07, 6.45) is 0.704. The van der Waals surface area contributed by atoms with Crippen molar-refractivity contribution in [2.24, 2.45) is 0 Å². The lowest BCUT2D eigenvalue weighted by molar-refractivity contribution is -0.124. The van der Waals surface area contributed by atoms with Gasteiger partial charge in [0, 0.05) is 6.54 Å². The molecular formula is C21H25NO6. The molecule has 2 aromatic rings. The highest BCUT2D eigenvalue weighted by Gasteiger charge is 2.22. The maximum atomic E-state index is 12.4. The summed E-state index contributed by atoms with van der Waals surface area (Å²) >= 11 is 0. The molecule has 0 radical (unpaired) electrons. The number of aryl methyl sites for hydroxylation is 1. The molecule has 0 unspecified atom stereocenters. The van der Waals surface area contributed by atoms with Crippen LogP contribution in [0.5, 0.6) is 17.2 Å². The van der Waals surface area contributed by atoms with Gasteiger partial charge in [-0.1, -0.05) is 24.3 Å². The van der Waals surface area contributed by atoms with Gasteiger partial charge in [0.1, 0.15) is 5.56 Å². The molecule has 7 heteroatoms. The highest BCUT2D eigenvalue weighted by atomic mass is 16.5. The fraction of sp³-hybridized carbons (Fsp3) is 0.333. The Hall–Kier alpha value is -3.22. The van der Waals surface area contributed by atoms with Crippen LogP contribution in [0, 0.1) is 6.92 Å². The second-order valence-electron chi connectivity index (χ2n) is 5.98. The summed E-state index contributed by atoms with van der Waals surface area (Å²) < 4.78 is 20.8. The Bertz CT molecular complexity index is 834. The summed E-state index contributed by atoms with van der Waals surface area (Å²) in [4.78, 5) is 24.3. The number of hydrogen-bond acceptors (Lipinski definition) is 6. The van der Waals surface area contributed by atoms with Gasteiger partial charge in [0.25, 0.3) is 5.91 Å². The van der Waals surface area contributed by atoms with Gasteiger partial charge in [-0.25, -0.2) is 4.79 Å². The third kappa shape index (κ3) is 5.16. The lowest BCUT2D eigenvalue weighted by Crippen LogP contribution is -2.30. The van der Waals surface area contributed by atoms with Crippen LogP contribution >= 0.6 is 0 Å². The molecule has 2 rings (SSSR count). The number of methoxy groups -OCH3 is 3. The second kappa shape index (κ2) is 10.2. The van der Waals surface area contributed by atoms with Crippen molar-refractivity contribution in [1.29, 1.82) is 0 Å². The van der Waals surface area contributed by atoms with Crippen LogP contribution < -0.4 is 19.5 Å². The van der Waals surface area contributed by atoms with Gasteiger partial charge in [-0.05, 0) is 36.6 Å². The van der Waals surface area contributed by atoms with Crippen LogP contribution in [-0.2, 0) is 16.0 Å². The summed E-state index contributed by atoms with van der Waals surface area (Å²) in [7, 11) is 4.33. The predicted molar refractivity (Wildman–Crippen MR) is 104 cm³/mol. The van der Waals surface area contributed by atoms with Gasteiger partial charge >= 0.3 is 5.97 Å². The molecule has 0 fully saturated rings. The quantitative estimate of drug-likeness (QED) is 0.666. The molecule has 1 amide bonds. The van der Waals surface area contributed by atoms with Gasteiger partial charge < -0.3 is 24.3 Å². The number of esters is 1. The number of amides is 1. The Morgan fingerprint density at radius 2 is 1.64 bits per heavy atom. The number of carbonyl (C=O) groups is 2. The maximum absolute atomic E-state index is 12.4. The minimum Gasteiger partial charge on any atom is -0.493 e. The molecule has 0 aliphatic carbocycles. The highest BCUT2D eigenvalue weighted by Crippen LogP contribution is 2.39. The van der Waals surface area contributed by atoms with E-state index >= 15 is 0 Å². The van der Waals surface area contributed by atoms with E-state index in [9.17, 15) is 9.59 Å². The smallest absolute Gasteiger partial charge is 0.342 e. The summed E-state index contributed by atoms with van der Waals surface area (Å²) in [5, 5.41) is 2.74. The molecule has 0 aromatic heterocycles. The average Bonchev–Trinajstić information content (AvgIpc) is 2.72. The number of nitrogens with one attached hydrogen (secondary N) is 1. The zero-order chi connectivity index (χ0) is 20.5. The third-order valence-electron chi connectivity index (χ3n) is 4.24. The largest absolute Gasteiger partial charge is 0.493 e. The van der Waals surface area contributed by atoms with E-state index in [1.54, 1.807) is 6.07 Å². The topological polar surface area (TPSA) is 83.1 Å². The van der Waals surface area contributed by atoms with E-state index in [0.29, 0.717) is 18.7 Å². The van der Waals surface area contributed by atoms with Crippen molar-refractivity contribution in [3.05, 3.63) is 53.1 Å². The minimum absolute atomic E-state index is 0.146. The average molecular weight is 387 g/mol. The zero-order valence-electron chi connectivity index (χ0n) is 16.5. The van der Waals surface area contributed by atoms with Gasteiger partial charge in [0.2, 0.25) is 5.75 Å². The van der Waals surface area contributed by atoms with E-state index in [-0.39, 0.29) is 29.6 Å². The zero-order valence-corrected chi connectivity index (χ0v) is 16.5. The van der Waals surface area contributed by atoms with Crippen LogP contribution in [0.15, 0.2) is 36.4 Å². The Labute approximate surface area is 164 Å². The van der Waals surface area contributed by atoms with E-state index in [2.05, 4.69) is 5.32 Å². The van der Waals surface area contributed by atoms with E-state index < -0.39 is 5.97 Å². The van der Waals surface area contributed by atoms with Crippen molar-refractivity contribution < 1.29 is 28.5 Å². The van der Waals surface area contributed by atoms with E-state index in [4.69, 9.17) is 18.9 Å². The normalized spacial score (nSPS) is 10.1. The standard InChI is InChI=1S/C21H25NO6/c1-14-7-5-6-8-15(14)11-12-22-18(23)13-28-21(24)16-9-10-17(25-2)20(27-4)19(16)26-3/h5-10H,11-13H2,1-4H3,(H,22,23). The molecule has 2 aromatic carbocycles. The van der Waals surface area contributed by atoms with Crippen molar-refractivity contribution in [3.63, 3.8) is 0 Å². The first-order valence-corrected chi connectivity index (χ1v) is 8.79. The molecule has 0 heterocycles. The first-order chi connectivity index (χ1) is 13.5. The molecular weight excluding hydrogens is 362 g/mol. The monoisotopic (exact) mass is 387 g/mol. The van der Waals surface area contributed by atoms with E-state index in [1.807, 2.05) is 31.2 Å². The van der Waals surface area contributed by atoms with Crippen molar-refractivity contribution >= 4 is 11.9 Å². The number of rotatable bonds is 9. The molecule has 0 saturated carbocycles. The Balaban J connectivity index is 1.91. The molecule has 28 heavy (non-hydrogen) atoms. The van der Waals surface area contributed by atoms with Crippen molar-refractivity contribution in [2.45, 2.75) is 13.3 Å². The maximum Gasteiger partial charge on any atom is 0.342 e. The van der Waals surface area contributed by atoms with Gasteiger partial charge in [-0.15, -0.1) is 0 Å². The Kier molecular flexibility index (Phi) is 7.68. The van der Waals surface area contributed by atoms with Gasteiger partial charge in [0.05, 0.1) is 21.3 Å². The lowest BCUT2D eigenvalue weighted by atomic mass is 10.1. The summed E-state index contributed by atoms with van der Waals surface area (Å²) in [5.41, 5.74) is 2.48. The fourth-order valence-corrected chi connectivity index (χ4v) is 2.75. The van der Waals surface area contributed by atoms with Crippen molar-refractivity contribution in [2.75, 3.05) is 34.5 Å². The van der Waals surface area contributed by atoms with Crippen molar-refractivity contribution in [1.82, 2.24) is 5.32 Å². The molecule has 0 aliphatic heterocycles. The van der Waals surface area contributed by atoms with Crippen LogP contribution in [0.1, 0.15) is 21.5 Å². The molecule has 0 saturated heterocycles. The number of ether oxygens (including phenoxy) is 4. The molecule has 0 spiro atoms. The van der Waals surface area contributed by atoms with Crippen molar-refractivity contribution in [3.8, 4) is 17.2 Å². The fourth-order valence-electron chi connectivity index (χ4n) is 2.75. The van der Waals surface area contributed by atoms with Crippen LogP contribution in [0.3, 0.4) is 0 Å². The van der Waals surface area contributed by atoms with Crippen LogP contribution in [0.2, 0.25) is 0 Å². The SMILES string of the molecule is COc1ccc(C(=O)OCC(=O)NCCc2ccccc2C)c(OC)c1OC. The third-order valence-corrected chi connectivity index (χ3v) is 4.24. The molecule has 0 aliphatic rings. The van der Waals surface area contributed by atoms with E-state index in [1.165, 1.54) is 33.0 Å². The van der Waals surface area contributed by atoms with Crippen LogP contribution in [-0.4, -0.2) is 46.4 Å². The molecule has 0 bridgehead atoms. The first-order valence-electron chi connectivity index (χ1n) is 8.79. The molecule has 150 valence electrons. The van der Waals surface area contributed by atoms with Gasteiger partial charge in [0.15, 0.2) is 18.1 Å². The number of hydrogen-bond donors (Lipinski definition) is 1. The number of benzene rings is 2. The van der Waals surface area contributed by atoms with E-state index in [0.717, 1.165) is 5.56 Å². The first kappa shape index (κ1) is 21.1. The summed E-state index contributed by atoms with van der Waals surface area (Å²) in [6.45, 7) is 2.10. The number of carbonyl (C=O) groups excluding carboxylic acids is 2. The Morgan fingerprint density at radius 1 is 0.929 bits per heavy atom. The summed E-state index contributed by atoms with van der Waals surface area (Å²) in [6, 6.07) is 11.0. The predicted octanol–water partition coefficient (Wildman–Crippen LogP) is 2.54. The second-order valence-corrected chi connectivity index (χ2v) is 5.98. The van der Waals surface area contributed by atoms with Crippen LogP contribution in [0.25, 0.3) is 0 Å². The Morgan fingerprint density at radius 3 is 2.29 bits per heavy atom. The van der Waals surface area contributed by atoms with Gasteiger partial charge in [-0.3, -0.25) is 4.79 Å². The van der Waals surface area contributed by atoms with Crippen LogP contribution in [0.4, 0.5) is 0 Å². The minimum atomic E-state index is -0.688. The summed E-state index contributed by atoms with van der Waals surface area (Å²) in [5.74, 6) is -0.174.